The summed E-state index contributed by atoms with van der Waals surface area (Å²) in [6.45, 7) is 1.29. The van der Waals surface area contributed by atoms with E-state index in [1.165, 1.54) is 16.7 Å². The number of rotatable bonds is 6. The number of sulfonamides is 1. The van der Waals surface area contributed by atoms with Gasteiger partial charge in [0.2, 0.25) is 5.88 Å². The van der Waals surface area contributed by atoms with Crippen LogP contribution in [0.25, 0.3) is 10.9 Å². The van der Waals surface area contributed by atoms with E-state index in [9.17, 15) is 18.3 Å². The third-order valence-electron chi connectivity index (χ3n) is 5.30. The number of halogens is 1. The molecule has 34 heavy (non-hydrogen) atoms. The van der Waals surface area contributed by atoms with Crippen molar-refractivity contribution in [2.75, 3.05) is 10.8 Å². The quantitative estimate of drug-likeness (QED) is 0.328. The van der Waals surface area contributed by atoms with Crippen LogP contribution in [0.1, 0.15) is 5.56 Å². The van der Waals surface area contributed by atoms with Crippen LogP contribution in [0.2, 0.25) is 0 Å². The van der Waals surface area contributed by atoms with E-state index in [2.05, 4.69) is 26.2 Å². The molecule has 0 saturated heterocycles. The second-order valence-electron chi connectivity index (χ2n) is 7.65. The first-order valence-corrected chi connectivity index (χ1v) is 12.5. The van der Waals surface area contributed by atoms with Crippen molar-refractivity contribution in [3.05, 3.63) is 82.8 Å². The molecule has 0 radical (unpaired) electrons. The highest BCUT2D eigenvalue weighted by atomic mass is 79.9. The highest BCUT2D eigenvalue weighted by Gasteiger charge is 2.27. The van der Waals surface area contributed by atoms with Crippen LogP contribution in [-0.4, -0.2) is 30.5 Å². The van der Waals surface area contributed by atoms with Crippen molar-refractivity contribution in [3.63, 3.8) is 0 Å². The lowest BCUT2D eigenvalue weighted by atomic mass is 10.2. The fourth-order valence-electron chi connectivity index (χ4n) is 3.50. The smallest absolute Gasteiger partial charge is 0.285 e. The fraction of sp³-hybridized carbons (Fsp3) is 0.125. The number of anilines is 1. The molecule has 0 aliphatic rings. The number of aromatic hydroxyl groups is 1. The highest BCUT2D eigenvalue weighted by molar-refractivity contribution is 9.10. The third-order valence-corrected chi connectivity index (χ3v) is 7.58. The first-order chi connectivity index (χ1) is 16.2. The summed E-state index contributed by atoms with van der Waals surface area (Å²) in [5, 5.41) is 18.7. The first-order valence-electron chi connectivity index (χ1n) is 10.2. The van der Waals surface area contributed by atoms with Crippen molar-refractivity contribution >= 4 is 54.1 Å². The number of para-hydroxylation sites is 1. The minimum absolute atomic E-state index is 0.0505. The van der Waals surface area contributed by atoms with Gasteiger partial charge in [-0.25, -0.2) is 8.42 Å². The molecular formula is C24H21BrN4O4S. The molecule has 4 aromatic rings. The van der Waals surface area contributed by atoms with Gasteiger partial charge in [0.1, 0.15) is 6.54 Å². The molecule has 8 nitrogen and oxygen atoms in total. The highest BCUT2D eigenvalue weighted by Crippen LogP contribution is 2.37. The summed E-state index contributed by atoms with van der Waals surface area (Å²) < 4.78 is 30.1. The normalized spacial score (nSPS) is 11.9. The molecule has 0 aliphatic heterocycles. The zero-order valence-electron chi connectivity index (χ0n) is 18.4. The summed E-state index contributed by atoms with van der Waals surface area (Å²) in [6.07, 6.45) is 0. The van der Waals surface area contributed by atoms with Crippen molar-refractivity contribution in [1.29, 1.82) is 0 Å². The Labute approximate surface area is 205 Å². The average Bonchev–Trinajstić information content (AvgIpc) is 3.06. The first kappa shape index (κ1) is 23.7. The molecule has 174 valence electrons. The van der Waals surface area contributed by atoms with Crippen molar-refractivity contribution in [2.45, 2.75) is 11.8 Å². The lowest BCUT2D eigenvalue weighted by molar-refractivity contribution is -0.116. The van der Waals surface area contributed by atoms with Crippen LogP contribution in [-0.2, 0) is 21.9 Å². The van der Waals surface area contributed by atoms with Gasteiger partial charge in [0.05, 0.1) is 16.1 Å². The van der Waals surface area contributed by atoms with E-state index in [1.54, 1.807) is 61.6 Å². The van der Waals surface area contributed by atoms with Crippen LogP contribution >= 0.6 is 15.9 Å². The molecule has 1 heterocycles. The van der Waals surface area contributed by atoms with Gasteiger partial charge in [0, 0.05) is 16.9 Å². The molecule has 1 aromatic heterocycles. The Bertz CT molecular complexity index is 1510. The molecule has 10 heteroatoms. The van der Waals surface area contributed by atoms with E-state index >= 15 is 0 Å². The van der Waals surface area contributed by atoms with Gasteiger partial charge in [-0.2, -0.15) is 0 Å². The molecular weight excluding hydrogens is 520 g/mol. The van der Waals surface area contributed by atoms with E-state index in [0.29, 0.717) is 15.5 Å². The van der Waals surface area contributed by atoms with Gasteiger partial charge in [0.25, 0.3) is 15.9 Å². The SMILES string of the molecule is Cc1ccc(S(=O)(=O)N(CC(=O)N=Nc2c(O)n(C)c3ccccc23)c2cccc(Br)c2)cc1. The Morgan fingerprint density at radius 1 is 1.06 bits per heavy atom. The Kier molecular flexibility index (Phi) is 6.54. The Morgan fingerprint density at radius 2 is 1.76 bits per heavy atom. The number of hydrogen-bond donors (Lipinski definition) is 1. The average molecular weight is 541 g/mol. The van der Waals surface area contributed by atoms with Crippen molar-refractivity contribution in [1.82, 2.24) is 4.57 Å². The largest absolute Gasteiger partial charge is 0.493 e. The molecule has 0 saturated carbocycles. The number of hydrogen-bond acceptors (Lipinski definition) is 5. The number of nitrogens with zero attached hydrogens (tertiary/aromatic N) is 4. The molecule has 3 aromatic carbocycles. The Balaban J connectivity index is 1.69. The number of benzene rings is 3. The van der Waals surface area contributed by atoms with Crippen LogP contribution < -0.4 is 4.31 Å². The number of carbonyl (C=O) groups excluding carboxylic acids is 1. The second kappa shape index (κ2) is 9.40. The number of azo groups is 1. The van der Waals surface area contributed by atoms with Gasteiger partial charge in [-0.3, -0.25) is 9.10 Å². The van der Waals surface area contributed by atoms with Crippen molar-refractivity contribution < 1.29 is 18.3 Å². The molecule has 1 amide bonds. The van der Waals surface area contributed by atoms with Gasteiger partial charge in [-0.05, 0) is 43.3 Å². The molecule has 0 unspecified atom stereocenters. The van der Waals surface area contributed by atoms with Crippen LogP contribution in [0, 0.1) is 6.92 Å². The van der Waals surface area contributed by atoms with Crippen molar-refractivity contribution in [3.8, 4) is 5.88 Å². The summed E-state index contributed by atoms with van der Waals surface area (Å²) >= 11 is 3.35. The summed E-state index contributed by atoms with van der Waals surface area (Å²) in [4.78, 5) is 12.9. The molecule has 0 atom stereocenters. The molecule has 0 aliphatic carbocycles. The molecule has 1 N–H and O–H groups in total. The standard InChI is InChI=1S/C24H21BrN4O4S/c1-16-10-12-19(13-11-16)34(32,33)29(18-7-5-6-17(25)14-18)15-22(30)26-27-23-20-8-3-4-9-21(20)28(2)24(23)31/h3-14,31H,15H2,1-2H3. The second-order valence-corrected chi connectivity index (χ2v) is 10.4. The maximum absolute atomic E-state index is 13.4. The van der Waals surface area contributed by atoms with Gasteiger partial charge in [-0.15, -0.1) is 10.2 Å². The van der Waals surface area contributed by atoms with Gasteiger partial charge < -0.3 is 9.67 Å². The van der Waals surface area contributed by atoms with E-state index in [1.807, 2.05) is 13.0 Å². The summed E-state index contributed by atoms with van der Waals surface area (Å²) in [6, 6.07) is 20.2. The monoisotopic (exact) mass is 540 g/mol. The number of carbonyl (C=O) groups is 1. The topological polar surface area (TPSA) is 104 Å². The maximum Gasteiger partial charge on any atom is 0.285 e. The van der Waals surface area contributed by atoms with E-state index in [0.717, 1.165) is 15.4 Å². The van der Waals surface area contributed by atoms with Crippen LogP contribution in [0.4, 0.5) is 11.4 Å². The van der Waals surface area contributed by atoms with E-state index < -0.39 is 22.5 Å². The number of amides is 1. The fourth-order valence-corrected chi connectivity index (χ4v) is 5.30. The maximum atomic E-state index is 13.4. The number of aryl methyl sites for hydroxylation is 2. The summed E-state index contributed by atoms with van der Waals surface area (Å²) in [5.74, 6) is -0.933. The Hall–Kier alpha value is -3.50. The molecule has 0 bridgehead atoms. The number of fused-ring (bicyclic) bond motifs is 1. The molecule has 0 fully saturated rings. The van der Waals surface area contributed by atoms with Crippen LogP contribution in [0.15, 0.2) is 92.4 Å². The summed E-state index contributed by atoms with van der Waals surface area (Å²) in [5.41, 5.74) is 2.07. The predicted molar refractivity (Wildman–Crippen MR) is 134 cm³/mol. The van der Waals surface area contributed by atoms with Gasteiger partial charge in [-0.1, -0.05) is 57.9 Å². The lowest BCUT2D eigenvalue weighted by Gasteiger charge is -2.23. The number of aromatic nitrogens is 1. The lowest BCUT2D eigenvalue weighted by Crippen LogP contribution is -2.35. The van der Waals surface area contributed by atoms with Crippen LogP contribution in [0.5, 0.6) is 5.88 Å². The van der Waals surface area contributed by atoms with Crippen LogP contribution in [0.3, 0.4) is 0 Å². The molecule has 0 spiro atoms. The minimum atomic E-state index is -4.07. The Morgan fingerprint density at radius 3 is 2.47 bits per heavy atom. The van der Waals surface area contributed by atoms with E-state index in [-0.39, 0.29) is 16.5 Å². The van der Waals surface area contributed by atoms with E-state index in [4.69, 9.17) is 0 Å². The predicted octanol–water partition coefficient (Wildman–Crippen LogP) is 5.46. The summed E-state index contributed by atoms with van der Waals surface area (Å²) in [7, 11) is -2.40. The molecule has 4 rings (SSSR count). The van der Waals surface area contributed by atoms with Crippen molar-refractivity contribution in [2.24, 2.45) is 17.3 Å². The zero-order chi connectivity index (χ0) is 24.5. The zero-order valence-corrected chi connectivity index (χ0v) is 20.8. The van der Waals surface area contributed by atoms with Gasteiger partial charge in [0.15, 0.2) is 5.69 Å². The third kappa shape index (κ3) is 4.59. The van der Waals surface area contributed by atoms with Gasteiger partial charge >= 0.3 is 0 Å². The minimum Gasteiger partial charge on any atom is -0.493 e.